The third-order valence-electron chi connectivity index (χ3n) is 4.32. The fourth-order valence-corrected chi connectivity index (χ4v) is 2.80. The molecule has 0 bridgehead atoms. The van der Waals surface area contributed by atoms with Crippen molar-refractivity contribution < 1.29 is 29.0 Å². The van der Waals surface area contributed by atoms with Crippen molar-refractivity contribution in [3.05, 3.63) is 0 Å². The minimum absolute atomic E-state index is 0.145. The van der Waals surface area contributed by atoms with Gasteiger partial charge in [0, 0.05) is 18.9 Å². The van der Waals surface area contributed by atoms with Crippen molar-refractivity contribution in [1.29, 1.82) is 0 Å². The highest BCUT2D eigenvalue weighted by molar-refractivity contribution is 5.71. The van der Waals surface area contributed by atoms with Crippen molar-refractivity contribution in [2.45, 2.75) is 66.1 Å². The molecule has 1 aliphatic rings. The molecule has 1 rings (SSSR count). The van der Waals surface area contributed by atoms with Crippen LogP contribution in [-0.2, 0) is 19.1 Å². The lowest BCUT2D eigenvalue weighted by Crippen LogP contribution is -2.37. The van der Waals surface area contributed by atoms with Crippen LogP contribution in [0.25, 0.3) is 0 Å². The Morgan fingerprint density at radius 2 is 1.64 bits per heavy atom. The first kappa shape index (κ1) is 21.3. The summed E-state index contributed by atoms with van der Waals surface area (Å²) in [6.45, 7) is 7.90. The number of esters is 1. The number of carbonyl (C=O) groups is 3. The van der Waals surface area contributed by atoms with Gasteiger partial charge in [0.2, 0.25) is 0 Å². The highest BCUT2D eigenvalue weighted by Crippen LogP contribution is 2.28. The molecule has 1 amide bonds. The fourth-order valence-electron chi connectivity index (χ4n) is 2.80. The van der Waals surface area contributed by atoms with E-state index in [1.165, 1.54) is 0 Å². The van der Waals surface area contributed by atoms with Crippen LogP contribution in [-0.4, -0.2) is 36.0 Å². The molecule has 7 nitrogen and oxygen atoms in total. The smallest absolute Gasteiger partial charge is 0.410 e. The molecule has 1 fully saturated rings. The summed E-state index contributed by atoms with van der Waals surface area (Å²) in [5, 5.41) is 11.7. The molecule has 2 N–H and O–H groups in total. The second-order valence-electron chi connectivity index (χ2n) is 7.54. The summed E-state index contributed by atoms with van der Waals surface area (Å²) in [7, 11) is 0. The highest BCUT2D eigenvalue weighted by Gasteiger charge is 2.27. The standard InChI is InChI=1S/C18H31NO6/c1-11(2)9-15(20)24-17(12(3)4)25-18(23)19-10-13-5-7-14(8-6-13)16(21)22/h11-14,17H,5-10H2,1-4H3,(H,19,23)(H,21,22). The van der Waals surface area contributed by atoms with Crippen LogP contribution in [0.5, 0.6) is 0 Å². The van der Waals surface area contributed by atoms with Gasteiger partial charge in [-0.1, -0.05) is 27.7 Å². The summed E-state index contributed by atoms with van der Waals surface area (Å²) < 4.78 is 10.5. The van der Waals surface area contributed by atoms with Crippen LogP contribution in [0.4, 0.5) is 4.79 Å². The summed E-state index contributed by atoms with van der Waals surface area (Å²) in [6, 6.07) is 0. The number of ether oxygens (including phenoxy) is 2. The summed E-state index contributed by atoms with van der Waals surface area (Å²) in [5.41, 5.74) is 0. The molecule has 1 unspecified atom stereocenters. The molecule has 0 aromatic heterocycles. The number of carboxylic acids is 1. The van der Waals surface area contributed by atoms with E-state index < -0.39 is 18.4 Å². The number of carbonyl (C=O) groups excluding carboxylic acids is 2. The maximum Gasteiger partial charge on any atom is 0.410 e. The van der Waals surface area contributed by atoms with Crippen LogP contribution in [0, 0.1) is 23.7 Å². The first-order chi connectivity index (χ1) is 11.7. The summed E-state index contributed by atoms with van der Waals surface area (Å²) in [5.74, 6) is -1.11. The Morgan fingerprint density at radius 3 is 2.12 bits per heavy atom. The van der Waals surface area contributed by atoms with Crippen molar-refractivity contribution in [2.75, 3.05) is 6.54 Å². The Bertz CT molecular complexity index is 454. The molecule has 1 saturated carbocycles. The summed E-state index contributed by atoms with van der Waals surface area (Å²) in [6.07, 6.45) is 1.57. The van der Waals surface area contributed by atoms with Crippen LogP contribution in [0.3, 0.4) is 0 Å². The number of hydrogen-bond acceptors (Lipinski definition) is 5. The van der Waals surface area contributed by atoms with Crippen molar-refractivity contribution in [2.24, 2.45) is 23.7 Å². The fraction of sp³-hybridized carbons (Fsp3) is 0.833. The minimum atomic E-state index is -0.908. The van der Waals surface area contributed by atoms with E-state index in [0.717, 1.165) is 12.8 Å². The van der Waals surface area contributed by atoms with Crippen LogP contribution in [0.2, 0.25) is 0 Å². The molecule has 144 valence electrons. The molecule has 0 spiro atoms. The molecule has 0 aromatic carbocycles. The van der Waals surface area contributed by atoms with E-state index in [0.29, 0.717) is 19.4 Å². The molecule has 1 aliphatic carbocycles. The van der Waals surface area contributed by atoms with Gasteiger partial charge in [-0.05, 0) is 37.5 Å². The number of carboxylic acid groups (broad SMARTS) is 1. The Hall–Kier alpha value is -1.79. The van der Waals surface area contributed by atoms with Gasteiger partial charge in [-0.15, -0.1) is 0 Å². The average molecular weight is 357 g/mol. The molecular weight excluding hydrogens is 326 g/mol. The number of alkyl carbamates (subject to hydrolysis) is 1. The second-order valence-corrected chi connectivity index (χ2v) is 7.54. The van der Waals surface area contributed by atoms with Crippen molar-refractivity contribution in [1.82, 2.24) is 5.32 Å². The van der Waals surface area contributed by atoms with Crippen molar-refractivity contribution >= 4 is 18.0 Å². The zero-order valence-electron chi connectivity index (χ0n) is 15.6. The molecule has 0 saturated heterocycles. The van der Waals surface area contributed by atoms with Crippen molar-refractivity contribution in [3.8, 4) is 0 Å². The zero-order chi connectivity index (χ0) is 19.0. The maximum absolute atomic E-state index is 12.0. The van der Waals surface area contributed by atoms with E-state index in [2.05, 4.69) is 5.32 Å². The zero-order valence-corrected chi connectivity index (χ0v) is 15.6. The van der Waals surface area contributed by atoms with Gasteiger partial charge in [0.15, 0.2) is 0 Å². The third kappa shape index (κ3) is 8.23. The lowest BCUT2D eigenvalue weighted by molar-refractivity contribution is -0.175. The van der Waals surface area contributed by atoms with Crippen molar-refractivity contribution in [3.63, 3.8) is 0 Å². The van der Waals surface area contributed by atoms with E-state index in [1.54, 1.807) is 0 Å². The van der Waals surface area contributed by atoms with Crippen LogP contribution in [0.15, 0.2) is 0 Å². The molecule has 25 heavy (non-hydrogen) atoms. The van der Waals surface area contributed by atoms with Crippen LogP contribution < -0.4 is 5.32 Å². The van der Waals surface area contributed by atoms with Gasteiger partial charge in [0.25, 0.3) is 6.29 Å². The lowest BCUT2D eigenvalue weighted by atomic mass is 9.82. The Kier molecular flexibility index (Phi) is 8.72. The number of nitrogens with one attached hydrogen (secondary N) is 1. The first-order valence-corrected chi connectivity index (χ1v) is 9.05. The Balaban J connectivity index is 2.35. The lowest BCUT2D eigenvalue weighted by Gasteiger charge is -2.27. The van der Waals surface area contributed by atoms with Gasteiger partial charge < -0.3 is 19.9 Å². The molecule has 1 atom stereocenters. The number of hydrogen-bond donors (Lipinski definition) is 2. The van der Waals surface area contributed by atoms with Gasteiger partial charge in [-0.25, -0.2) is 4.79 Å². The Morgan fingerprint density at radius 1 is 1.04 bits per heavy atom. The molecule has 0 aromatic rings. The topological polar surface area (TPSA) is 102 Å². The van der Waals surface area contributed by atoms with Crippen LogP contribution >= 0.6 is 0 Å². The van der Waals surface area contributed by atoms with Gasteiger partial charge in [0.05, 0.1) is 5.92 Å². The van der Waals surface area contributed by atoms with Gasteiger partial charge in [-0.3, -0.25) is 9.59 Å². The number of amides is 1. The minimum Gasteiger partial charge on any atom is -0.481 e. The quantitative estimate of drug-likeness (QED) is 0.511. The van der Waals surface area contributed by atoms with E-state index in [9.17, 15) is 14.4 Å². The first-order valence-electron chi connectivity index (χ1n) is 9.05. The van der Waals surface area contributed by atoms with E-state index in [-0.39, 0.29) is 36.1 Å². The van der Waals surface area contributed by atoms with E-state index >= 15 is 0 Å². The number of aliphatic carboxylic acids is 1. The van der Waals surface area contributed by atoms with Crippen LogP contribution in [0.1, 0.15) is 59.8 Å². The monoisotopic (exact) mass is 357 g/mol. The molecule has 0 aliphatic heterocycles. The van der Waals surface area contributed by atoms with Gasteiger partial charge in [-0.2, -0.15) is 0 Å². The van der Waals surface area contributed by atoms with E-state index in [4.69, 9.17) is 14.6 Å². The maximum atomic E-state index is 12.0. The predicted molar refractivity (Wildman–Crippen MR) is 91.7 cm³/mol. The molecule has 0 heterocycles. The summed E-state index contributed by atoms with van der Waals surface area (Å²) in [4.78, 5) is 34.7. The molecule has 0 radical (unpaired) electrons. The van der Waals surface area contributed by atoms with Gasteiger partial charge in [0.1, 0.15) is 0 Å². The normalized spacial score (nSPS) is 21.7. The average Bonchev–Trinajstić information content (AvgIpc) is 2.51. The molecule has 7 heteroatoms. The molecular formula is C18H31NO6. The third-order valence-corrected chi connectivity index (χ3v) is 4.32. The second kappa shape index (κ2) is 10.3. The summed E-state index contributed by atoms with van der Waals surface area (Å²) >= 11 is 0. The van der Waals surface area contributed by atoms with Gasteiger partial charge >= 0.3 is 18.0 Å². The predicted octanol–water partition coefficient (Wildman–Crippen LogP) is 3.18. The highest BCUT2D eigenvalue weighted by atomic mass is 16.7. The Labute approximate surface area is 149 Å². The largest absolute Gasteiger partial charge is 0.481 e. The number of rotatable bonds is 8. The van der Waals surface area contributed by atoms with E-state index in [1.807, 2.05) is 27.7 Å². The SMILES string of the molecule is CC(C)CC(=O)OC(OC(=O)NCC1CCC(C(=O)O)CC1)C(C)C.